The molecule has 4 rings (SSSR count). The number of ketones is 1. The average Bonchev–Trinajstić information content (AvgIpc) is 3.07. The third kappa shape index (κ3) is 4.82. The van der Waals surface area contributed by atoms with Crippen molar-refractivity contribution in [3.63, 3.8) is 0 Å². The molecular weight excluding hydrogens is 454 g/mol. The van der Waals surface area contributed by atoms with Crippen LogP contribution >= 0.6 is 0 Å². The molecule has 1 saturated carbocycles. The van der Waals surface area contributed by atoms with Gasteiger partial charge in [-0.05, 0) is 55.5 Å². The number of Topliss-reactive ketones (excluding diaryl/α,β-unsaturated/α-hetero) is 1. The van der Waals surface area contributed by atoms with Crippen LogP contribution < -0.4 is 4.72 Å². The van der Waals surface area contributed by atoms with Crippen molar-refractivity contribution in [2.75, 3.05) is 4.72 Å². The minimum absolute atomic E-state index is 0.0530. The lowest BCUT2D eigenvalue weighted by Gasteiger charge is -2.36. The van der Waals surface area contributed by atoms with Crippen LogP contribution in [-0.4, -0.2) is 31.3 Å². The van der Waals surface area contributed by atoms with E-state index in [2.05, 4.69) is 9.71 Å². The van der Waals surface area contributed by atoms with Crippen LogP contribution in [0.3, 0.4) is 0 Å². The number of nitriles is 1. The number of ether oxygens (including phenoxy) is 1. The number of esters is 1. The molecule has 0 spiro atoms. The Bertz CT molecular complexity index is 1220. The van der Waals surface area contributed by atoms with Gasteiger partial charge in [-0.2, -0.15) is 13.7 Å². The van der Waals surface area contributed by atoms with E-state index in [1.165, 1.54) is 18.3 Å². The van der Waals surface area contributed by atoms with Crippen molar-refractivity contribution in [1.29, 1.82) is 5.26 Å². The first kappa shape index (κ1) is 23.9. The Hall–Kier alpha value is -3.25. The topological polar surface area (TPSA) is 126 Å². The molecule has 8 nitrogen and oxygen atoms in total. The lowest BCUT2D eigenvalue weighted by atomic mass is 9.74. The normalized spacial score (nSPS) is 23.7. The Kier molecular flexibility index (Phi) is 6.98. The summed E-state index contributed by atoms with van der Waals surface area (Å²) in [6.45, 7) is 1.90. The largest absolute Gasteiger partial charge is 0.461 e. The van der Waals surface area contributed by atoms with E-state index >= 15 is 0 Å². The van der Waals surface area contributed by atoms with Gasteiger partial charge in [0.05, 0.1) is 11.5 Å². The number of anilines is 1. The highest BCUT2D eigenvalue weighted by atomic mass is 32.2. The van der Waals surface area contributed by atoms with Crippen LogP contribution in [0.4, 0.5) is 5.69 Å². The van der Waals surface area contributed by atoms with Gasteiger partial charge in [-0.15, -0.1) is 0 Å². The number of nitrogens with zero attached hydrogens (tertiary/aromatic N) is 2. The quantitative estimate of drug-likeness (QED) is 0.489. The minimum atomic E-state index is -3.98. The summed E-state index contributed by atoms with van der Waals surface area (Å²) >= 11 is 0. The second-order valence-corrected chi connectivity index (χ2v) is 10.5. The zero-order valence-corrected chi connectivity index (χ0v) is 19.8. The fourth-order valence-corrected chi connectivity index (χ4v) is 5.96. The smallest absolute Gasteiger partial charge is 0.317 e. The molecule has 9 heteroatoms. The van der Waals surface area contributed by atoms with Gasteiger partial charge in [0, 0.05) is 17.8 Å². The number of hydrogen-bond donors (Lipinski definition) is 1. The molecule has 4 atom stereocenters. The Morgan fingerprint density at radius 2 is 1.97 bits per heavy atom. The second-order valence-electron chi connectivity index (χ2n) is 8.84. The molecule has 1 aromatic carbocycles. The standard InChI is InChI=1S/C25H27N3O5S/c1-2-19(23-24(29)20-9-4-3-5-10-21(20)33-25(23)30)17-7-6-8-18(13-17)28-34(31,32)22-12-11-16(14-26)15-27-22/h6-8,11-13,15,19-21,23,28H,2-5,9-10H2,1H3. The van der Waals surface area contributed by atoms with Crippen LogP contribution in [0.25, 0.3) is 0 Å². The van der Waals surface area contributed by atoms with E-state index < -0.39 is 27.8 Å². The van der Waals surface area contributed by atoms with Crippen molar-refractivity contribution in [1.82, 2.24) is 4.98 Å². The third-order valence-electron chi connectivity index (χ3n) is 6.70. The van der Waals surface area contributed by atoms with Crippen LogP contribution in [0.2, 0.25) is 0 Å². The monoisotopic (exact) mass is 481 g/mol. The number of nitrogens with one attached hydrogen (secondary N) is 1. The maximum atomic E-state index is 13.4. The number of aromatic nitrogens is 1. The average molecular weight is 482 g/mol. The Morgan fingerprint density at radius 3 is 2.68 bits per heavy atom. The summed E-state index contributed by atoms with van der Waals surface area (Å²) in [5.41, 5.74) is 1.25. The van der Waals surface area contributed by atoms with Crippen LogP contribution in [0.1, 0.15) is 62.5 Å². The predicted molar refractivity (Wildman–Crippen MR) is 124 cm³/mol. The lowest BCUT2D eigenvalue weighted by molar-refractivity contribution is -0.172. The molecular formula is C25H27N3O5S. The molecule has 0 bridgehead atoms. The number of sulfonamides is 1. The third-order valence-corrected chi connectivity index (χ3v) is 7.99. The molecule has 4 unspecified atom stereocenters. The van der Waals surface area contributed by atoms with Crippen molar-refractivity contribution >= 4 is 27.5 Å². The highest BCUT2D eigenvalue weighted by Gasteiger charge is 2.48. The zero-order valence-electron chi connectivity index (χ0n) is 18.9. The van der Waals surface area contributed by atoms with Crippen LogP contribution in [0, 0.1) is 23.2 Å². The van der Waals surface area contributed by atoms with Gasteiger partial charge < -0.3 is 4.74 Å². The van der Waals surface area contributed by atoms with Gasteiger partial charge in [0.2, 0.25) is 0 Å². The Labute approximate surface area is 199 Å². The maximum absolute atomic E-state index is 13.4. The second kappa shape index (κ2) is 9.94. The molecule has 1 N–H and O–H groups in total. The summed E-state index contributed by atoms with van der Waals surface area (Å²) in [4.78, 5) is 30.2. The molecule has 1 aliphatic heterocycles. The highest BCUT2D eigenvalue weighted by Crippen LogP contribution is 2.40. The number of carbonyl (C=O) groups excluding carboxylic acids is 2. The molecule has 2 fully saturated rings. The summed E-state index contributed by atoms with van der Waals surface area (Å²) in [7, 11) is -3.98. The van der Waals surface area contributed by atoms with Gasteiger partial charge >= 0.3 is 5.97 Å². The van der Waals surface area contributed by atoms with Gasteiger partial charge in [0.25, 0.3) is 10.0 Å². The number of pyridine rings is 1. The van der Waals surface area contributed by atoms with Crippen molar-refractivity contribution in [2.45, 2.75) is 62.5 Å². The first-order valence-corrected chi connectivity index (χ1v) is 13.1. The van der Waals surface area contributed by atoms with E-state index in [1.54, 1.807) is 24.3 Å². The van der Waals surface area contributed by atoms with Crippen molar-refractivity contribution in [3.8, 4) is 6.07 Å². The van der Waals surface area contributed by atoms with Gasteiger partial charge in [-0.25, -0.2) is 4.98 Å². The number of hydrogen-bond acceptors (Lipinski definition) is 7. The van der Waals surface area contributed by atoms with Crippen LogP contribution in [0.5, 0.6) is 0 Å². The first-order valence-electron chi connectivity index (χ1n) is 11.6. The summed E-state index contributed by atoms with van der Waals surface area (Å²) in [6.07, 6.45) is 5.81. The van der Waals surface area contributed by atoms with Gasteiger partial charge in [-0.1, -0.05) is 31.9 Å². The summed E-state index contributed by atoms with van der Waals surface area (Å²) in [6, 6.07) is 11.3. The molecule has 2 aromatic rings. The molecule has 1 aromatic heterocycles. The molecule has 2 heterocycles. The summed E-state index contributed by atoms with van der Waals surface area (Å²) < 4.78 is 33.8. The van der Waals surface area contributed by atoms with E-state index in [9.17, 15) is 18.0 Å². The zero-order chi connectivity index (χ0) is 24.3. The van der Waals surface area contributed by atoms with E-state index in [0.717, 1.165) is 32.1 Å². The highest BCUT2D eigenvalue weighted by molar-refractivity contribution is 7.92. The molecule has 0 radical (unpaired) electrons. The number of rotatable bonds is 6. The molecule has 1 saturated heterocycles. The summed E-state index contributed by atoms with van der Waals surface area (Å²) in [5, 5.41) is 8.67. The van der Waals surface area contributed by atoms with Crippen LogP contribution in [-0.2, 0) is 24.3 Å². The van der Waals surface area contributed by atoms with E-state index in [1.807, 2.05) is 13.0 Å². The van der Waals surface area contributed by atoms with Gasteiger partial charge in [0.15, 0.2) is 10.8 Å². The van der Waals surface area contributed by atoms with E-state index in [4.69, 9.17) is 10.00 Å². The predicted octanol–water partition coefficient (Wildman–Crippen LogP) is 3.94. The number of benzene rings is 1. The SMILES string of the molecule is CCC(c1cccc(NS(=O)(=O)c2ccc(C#N)cn2)c1)C1C(=O)OC2CCCCCC2C1=O. The molecule has 2 aliphatic rings. The number of fused-ring (bicyclic) bond motifs is 1. The van der Waals surface area contributed by atoms with Gasteiger partial charge in [0.1, 0.15) is 18.1 Å². The Balaban J connectivity index is 1.58. The van der Waals surface area contributed by atoms with E-state index in [-0.39, 0.29) is 28.4 Å². The first-order chi connectivity index (χ1) is 16.3. The van der Waals surface area contributed by atoms with Crippen molar-refractivity contribution in [3.05, 3.63) is 53.7 Å². The lowest BCUT2D eigenvalue weighted by Crippen LogP contribution is -2.47. The fraction of sp³-hybridized carbons (Fsp3) is 0.440. The molecule has 0 amide bonds. The van der Waals surface area contributed by atoms with Gasteiger partial charge in [-0.3, -0.25) is 14.3 Å². The molecule has 34 heavy (non-hydrogen) atoms. The molecule has 1 aliphatic carbocycles. The van der Waals surface area contributed by atoms with Crippen LogP contribution in [0.15, 0.2) is 47.6 Å². The molecule has 178 valence electrons. The van der Waals surface area contributed by atoms with Crippen molar-refractivity contribution < 1.29 is 22.7 Å². The summed E-state index contributed by atoms with van der Waals surface area (Å²) in [5.74, 6) is -2.10. The fourth-order valence-electron chi connectivity index (χ4n) is 4.98. The minimum Gasteiger partial charge on any atom is -0.461 e. The van der Waals surface area contributed by atoms with Crippen molar-refractivity contribution in [2.24, 2.45) is 11.8 Å². The van der Waals surface area contributed by atoms with E-state index in [0.29, 0.717) is 17.7 Å². The Morgan fingerprint density at radius 1 is 1.18 bits per heavy atom. The number of carbonyl (C=O) groups is 2. The maximum Gasteiger partial charge on any atom is 0.317 e.